The van der Waals surface area contributed by atoms with Gasteiger partial charge in [-0.1, -0.05) is 30.0 Å². The maximum absolute atomic E-state index is 12.2. The van der Waals surface area contributed by atoms with Crippen molar-refractivity contribution in [1.82, 2.24) is 25.5 Å². The lowest BCUT2D eigenvalue weighted by Crippen LogP contribution is -2.29. The number of fused-ring (bicyclic) bond motifs is 1. The van der Waals surface area contributed by atoms with Crippen molar-refractivity contribution < 1.29 is 9.21 Å². The Bertz CT molecular complexity index is 847. The number of nitrogens with one attached hydrogen (secondary N) is 1. The van der Waals surface area contributed by atoms with Crippen LogP contribution in [0.1, 0.15) is 39.5 Å². The van der Waals surface area contributed by atoms with Crippen molar-refractivity contribution in [1.29, 1.82) is 0 Å². The molecule has 0 spiro atoms. The molecule has 0 aliphatic carbocycles. The van der Waals surface area contributed by atoms with Gasteiger partial charge in [0.2, 0.25) is 11.1 Å². The highest BCUT2D eigenvalue weighted by molar-refractivity contribution is 7.99. The van der Waals surface area contributed by atoms with E-state index < -0.39 is 0 Å². The van der Waals surface area contributed by atoms with Crippen molar-refractivity contribution in [3.05, 3.63) is 36.1 Å². The maximum atomic E-state index is 12.2. The largest absolute Gasteiger partial charge is 0.459 e. The lowest BCUT2D eigenvalue weighted by Gasteiger charge is -2.19. The van der Waals surface area contributed by atoms with Crippen molar-refractivity contribution in [3.8, 4) is 0 Å². The number of hydrogen-bond acceptors (Lipinski definition) is 6. The zero-order valence-corrected chi connectivity index (χ0v) is 15.5. The Morgan fingerprint density at radius 2 is 2.12 bits per heavy atom. The van der Waals surface area contributed by atoms with Gasteiger partial charge in [-0.05, 0) is 50.3 Å². The Morgan fingerprint density at radius 1 is 1.36 bits per heavy atom. The first-order valence-corrected chi connectivity index (χ1v) is 9.02. The lowest BCUT2D eigenvalue weighted by atomic mass is 10.1. The highest BCUT2D eigenvalue weighted by atomic mass is 32.2. The lowest BCUT2D eigenvalue weighted by molar-refractivity contribution is -0.119. The van der Waals surface area contributed by atoms with Crippen molar-refractivity contribution in [2.45, 2.75) is 44.4 Å². The average Bonchev–Trinajstić information content (AvgIpc) is 3.19. The van der Waals surface area contributed by atoms with E-state index in [1.165, 1.54) is 11.8 Å². The molecule has 0 saturated heterocycles. The molecule has 0 fully saturated rings. The first kappa shape index (κ1) is 17.5. The highest BCUT2D eigenvalue weighted by Gasteiger charge is 2.21. The van der Waals surface area contributed by atoms with Gasteiger partial charge in [-0.2, -0.15) is 0 Å². The molecule has 0 radical (unpaired) electrons. The van der Waals surface area contributed by atoms with Crippen LogP contribution in [0.3, 0.4) is 0 Å². The molecule has 1 aromatic carbocycles. The number of thioether (sulfide) groups is 1. The molecule has 0 bridgehead atoms. The van der Waals surface area contributed by atoms with Gasteiger partial charge >= 0.3 is 0 Å². The standard InChI is InChI=1S/C17H21N5O2S/c1-11(14-9-12-7-5-6-8-13(12)24-14)18-15(23)10-25-16-19-20-21-22(16)17(2,3)4/h5-9,11H,10H2,1-4H3,(H,18,23)/t11-/m1/s1. The normalized spacial score (nSPS) is 13.1. The number of para-hydroxylation sites is 1. The third kappa shape index (κ3) is 4.01. The minimum absolute atomic E-state index is 0.0959. The molecule has 8 heteroatoms. The Balaban J connectivity index is 1.60. The number of carbonyl (C=O) groups excluding carboxylic acids is 1. The van der Waals surface area contributed by atoms with Crippen LogP contribution in [0, 0.1) is 0 Å². The van der Waals surface area contributed by atoms with E-state index >= 15 is 0 Å². The number of amides is 1. The summed E-state index contributed by atoms with van der Waals surface area (Å²) in [6, 6.07) is 9.52. The predicted molar refractivity (Wildman–Crippen MR) is 96.3 cm³/mol. The summed E-state index contributed by atoms with van der Waals surface area (Å²) in [4.78, 5) is 12.2. The molecule has 3 aromatic rings. The summed E-state index contributed by atoms with van der Waals surface area (Å²) in [7, 11) is 0. The molecular weight excluding hydrogens is 338 g/mol. The summed E-state index contributed by atoms with van der Waals surface area (Å²) in [6.07, 6.45) is 0. The smallest absolute Gasteiger partial charge is 0.231 e. The van der Waals surface area contributed by atoms with Crippen LogP contribution in [0.4, 0.5) is 0 Å². The monoisotopic (exact) mass is 359 g/mol. The number of rotatable bonds is 5. The van der Waals surface area contributed by atoms with Gasteiger partial charge in [0.1, 0.15) is 11.3 Å². The van der Waals surface area contributed by atoms with Crippen molar-refractivity contribution >= 4 is 28.6 Å². The number of hydrogen-bond donors (Lipinski definition) is 1. The molecular formula is C17H21N5O2S. The predicted octanol–water partition coefficient (Wildman–Crippen LogP) is 3.14. The number of tetrazole rings is 1. The first-order chi connectivity index (χ1) is 11.8. The second kappa shape index (κ2) is 6.87. The van der Waals surface area contributed by atoms with E-state index in [9.17, 15) is 4.79 Å². The van der Waals surface area contributed by atoms with Gasteiger partial charge in [-0.15, -0.1) is 5.10 Å². The van der Waals surface area contributed by atoms with E-state index in [0.29, 0.717) is 5.16 Å². The van der Waals surface area contributed by atoms with Gasteiger partial charge in [0, 0.05) is 5.39 Å². The van der Waals surface area contributed by atoms with Crippen LogP contribution in [0.25, 0.3) is 11.0 Å². The first-order valence-electron chi connectivity index (χ1n) is 8.04. The molecule has 0 saturated carbocycles. The molecule has 0 aliphatic heterocycles. The Labute approximate surface area is 150 Å². The van der Waals surface area contributed by atoms with E-state index in [4.69, 9.17) is 4.42 Å². The number of carbonyl (C=O) groups is 1. The minimum atomic E-state index is -0.232. The van der Waals surface area contributed by atoms with Crippen molar-refractivity contribution in [2.24, 2.45) is 0 Å². The van der Waals surface area contributed by atoms with Crippen LogP contribution < -0.4 is 5.32 Å². The molecule has 0 aliphatic rings. The third-order valence-electron chi connectivity index (χ3n) is 3.66. The third-order valence-corrected chi connectivity index (χ3v) is 4.58. The van der Waals surface area contributed by atoms with Gasteiger partial charge in [-0.25, -0.2) is 4.68 Å². The highest BCUT2D eigenvalue weighted by Crippen LogP contribution is 2.24. The number of furan rings is 1. The Hall–Kier alpha value is -2.35. The molecule has 1 N–H and O–H groups in total. The summed E-state index contributed by atoms with van der Waals surface area (Å²) in [5, 5.41) is 16.3. The van der Waals surface area contributed by atoms with Crippen LogP contribution in [0.15, 0.2) is 39.9 Å². The second-order valence-corrected chi connectivity index (χ2v) is 7.75. The van der Waals surface area contributed by atoms with E-state index in [0.717, 1.165) is 16.7 Å². The van der Waals surface area contributed by atoms with Crippen molar-refractivity contribution in [3.63, 3.8) is 0 Å². The zero-order valence-electron chi connectivity index (χ0n) is 14.7. The van der Waals surface area contributed by atoms with Crippen LogP contribution in [-0.4, -0.2) is 31.9 Å². The number of nitrogens with zero attached hydrogens (tertiary/aromatic N) is 4. The molecule has 0 unspecified atom stereocenters. The SMILES string of the molecule is C[C@@H](NC(=O)CSc1nnnn1C(C)(C)C)c1cc2ccccc2o1. The Morgan fingerprint density at radius 3 is 2.84 bits per heavy atom. The molecule has 132 valence electrons. The molecule has 7 nitrogen and oxygen atoms in total. The molecule has 1 amide bonds. The van der Waals surface area contributed by atoms with Gasteiger partial charge in [-0.3, -0.25) is 4.79 Å². The molecule has 2 heterocycles. The Kier molecular flexibility index (Phi) is 4.80. The fraction of sp³-hybridized carbons (Fsp3) is 0.412. The van der Waals surface area contributed by atoms with Crippen LogP contribution in [0.5, 0.6) is 0 Å². The van der Waals surface area contributed by atoms with E-state index in [1.807, 2.05) is 58.0 Å². The summed E-state index contributed by atoms with van der Waals surface area (Å²) >= 11 is 1.32. The second-order valence-electron chi connectivity index (χ2n) is 6.81. The van der Waals surface area contributed by atoms with E-state index in [1.54, 1.807) is 4.68 Å². The minimum Gasteiger partial charge on any atom is -0.459 e. The molecule has 1 atom stereocenters. The quantitative estimate of drug-likeness (QED) is 0.704. The van der Waals surface area contributed by atoms with Crippen LogP contribution in [-0.2, 0) is 10.3 Å². The van der Waals surface area contributed by atoms with Gasteiger partial charge < -0.3 is 9.73 Å². The summed E-state index contributed by atoms with van der Waals surface area (Å²) < 4.78 is 7.50. The topological polar surface area (TPSA) is 85.8 Å². The number of aromatic nitrogens is 4. The van der Waals surface area contributed by atoms with E-state index in [-0.39, 0.29) is 23.2 Å². The summed E-state index contributed by atoms with van der Waals surface area (Å²) in [6.45, 7) is 7.94. The van der Waals surface area contributed by atoms with E-state index in [2.05, 4.69) is 20.8 Å². The van der Waals surface area contributed by atoms with Crippen LogP contribution >= 0.6 is 11.8 Å². The summed E-state index contributed by atoms with van der Waals surface area (Å²) in [5.74, 6) is 0.876. The fourth-order valence-corrected chi connectivity index (χ4v) is 3.26. The molecule has 25 heavy (non-hydrogen) atoms. The summed E-state index contributed by atoms with van der Waals surface area (Å²) in [5.41, 5.74) is 0.585. The van der Waals surface area contributed by atoms with Gasteiger partial charge in [0.25, 0.3) is 0 Å². The molecule has 2 aromatic heterocycles. The van der Waals surface area contributed by atoms with Crippen molar-refractivity contribution in [2.75, 3.05) is 5.75 Å². The van der Waals surface area contributed by atoms with Gasteiger partial charge in [0.05, 0.1) is 17.3 Å². The van der Waals surface area contributed by atoms with Crippen LogP contribution in [0.2, 0.25) is 0 Å². The number of benzene rings is 1. The fourth-order valence-electron chi connectivity index (χ4n) is 2.39. The van der Waals surface area contributed by atoms with Gasteiger partial charge in [0.15, 0.2) is 0 Å². The zero-order chi connectivity index (χ0) is 18.0. The molecule has 3 rings (SSSR count). The average molecular weight is 359 g/mol. The maximum Gasteiger partial charge on any atom is 0.231 e.